The van der Waals surface area contributed by atoms with Gasteiger partial charge in [-0.15, -0.1) is 0 Å². The molecule has 0 bridgehead atoms. The van der Waals surface area contributed by atoms with Gasteiger partial charge in [-0.3, -0.25) is 9.69 Å². The van der Waals surface area contributed by atoms with E-state index in [0.29, 0.717) is 25.9 Å². The average Bonchev–Trinajstić information content (AvgIpc) is 2.04. The molecule has 4 heteroatoms. The molecule has 2 N–H and O–H groups in total. The number of likely N-dealkylation sites (tertiary alicyclic amines) is 1. The van der Waals surface area contributed by atoms with E-state index < -0.39 is 11.5 Å². The second-order valence-corrected chi connectivity index (χ2v) is 4.08. The summed E-state index contributed by atoms with van der Waals surface area (Å²) in [5, 5.41) is 18.2. The number of aliphatic hydroxyl groups is 1. The Kier molecular flexibility index (Phi) is 2.93. The molecule has 0 radical (unpaired) electrons. The summed E-state index contributed by atoms with van der Waals surface area (Å²) in [5.74, 6) is -0.802. The molecule has 0 spiro atoms. The molecule has 1 saturated heterocycles. The summed E-state index contributed by atoms with van der Waals surface area (Å²) in [5.41, 5.74) is -0.805. The number of aliphatic hydroxyl groups excluding tert-OH is 1. The van der Waals surface area contributed by atoms with Gasteiger partial charge in [-0.2, -0.15) is 0 Å². The van der Waals surface area contributed by atoms with Gasteiger partial charge in [0.05, 0.1) is 6.10 Å². The number of nitrogens with zero attached hydrogens (tertiary/aromatic N) is 1. The van der Waals surface area contributed by atoms with Crippen molar-refractivity contribution in [1.29, 1.82) is 0 Å². The molecule has 0 amide bonds. The SMILES string of the molecule is CC(C)(C(=O)O)N1CCC(O)CC1. The summed E-state index contributed by atoms with van der Waals surface area (Å²) < 4.78 is 0. The summed E-state index contributed by atoms with van der Waals surface area (Å²) >= 11 is 0. The second kappa shape index (κ2) is 3.64. The van der Waals surface area contributed by atoms with Crippen molar-refractivity contribution in [2.75, 3.05) is 13.1 Å². The van der Waals surface area contributed by atoms with Crippen molar-refractivity contribution in [3.63, 3.8) is 0 Å². The van der Waals surface area contributed by atoms with Gasteiger partial charge < -0.3 is 10.2 Å². The molecule has 0 saturated carbocycles. The number of carboxylic acids is 1. The maximum atomic E-state index is 10.9. The molecule has 1 aliphatic heterocycles. The predicted octanol–water partition coefficient (Wildman–Crippen LogP) is 0.306. The largest absolute Gasteiger partial charge is 0.480 e. The fourth-order valence-corrected chi connectivity index (χ4v) is 1.56. The lowest BCUT2D eigenvalue weighted by Crippen LogP contribution is -2.53. The Morgan fingerprint density at radius 2 is 1.85 bits per heavy atom. The van der Waals surface area contributed by atoms with Gasteiger partial charge in [0.25, 0.3) is 0 Å². The fraction of sp³-hybridized carbons (Fsp3) is 0.889. The number of hydrogen-bond donors (Lipinski definition) is 2. The Morgan fingerprint density at radius 1 is 1.38 bits per heavy atom. The topological polar surface area (TPSA) is 60.8 Å². The first-order chi connectivity index (χ1) is 5.94. The Labute approximate surface area is 78.2 Å². The van der Waals surface area contributed by atoms with E-state index in [1.807, 2.05) is 4.90 Å². The third-order valence-electron chi connectivity index (χ3n) is 2.78. The van der Waals surface area contributed by atoms with Gasteiger partial charge >= 0.3 is 5.97 Å². The lowest BCUT2D eigenvalue weighted by atomic mass is 9.98. The third-order valence-corrected chi connectivity index (χ3v) is 2.78. The van der Waals surface area contributed by atoms with Crippen LogP contribution >= 0.6 is 0 Å². The monoisotopic (exact) mass is 187 g/mol. The highest BCUT2D eigenvalue weighted by Crippen LogP contribution is 2.20. The normalized spacial score (nSPS) is 21.8. The Bertz CT molecular complexity index is 195. The standard InChI is InChI=1S/C9H17NO3/c1-9(2,8(12)13)10-5-3-7(11)4-6-10/h7,11H,3-6H2,1-2H3,(H,12,13). The molecule has 0 unspecified atom stereocenters. The van der Waals surface area contributed by atoms with Crippen LogP contribution < -0.4 is 0 Å². The van der Waals surface area contributed by atoms with Crippen LogP contribution in [-0.4, -0.2) is 45.8 Å². The molecular weight excluding hydrogens is 170 g/mol. The van der Waals surface area contributed by atoms with Crippen LogP contribution in [0.15, 0.2) is 0 Å². The van der Waals surface area contributed by atoms with Gasteiger partial charge in [0.15, 0.2) is 0 Å². The van der Waals surface area contributed by atoms with Gasteiger partial charge in [-0.1, -0.05) is 0 Å². The van der Waals surface area contributed by atoms with E-state index >= 15 is 0 Å². The van der Waals surface area contributed by atoms with E-state index in [9.17, 15) is 9.90 Å². The predicted molar refractivity (Wildman–Crippen MR) is 48.5 cm³/mol. The van der Waals surface area contributed by atoms with Crippen molar-refractivity contribution >= 4 is 5.97 Å². The highest BCUT2D eigenvalue weighted by Gasteiger charge is 2.36. The molecule has 1 heterocycles. The van der Waals surface area contributed by atoms with E-state index in [-0.39, 0.29) is 6.10 Å². The van der Waals surface area contributed by atoms with Crippen LogP contribution in [0.4, 0.5) is 0 Å². The Hall–Kier alpha value is -0.610. The van der Waals surface area contributed by atoms with Crippen molar-refractivity contribution in [2.45, 2.75) is 38.3 Å². The number of carboxylic acid groups (broad SMARTS) is 1. The summed E-state index contributed by atoms with van der Waals surface area (Å²) in [6, 6.07) is 0. The van der Waals surface area contributed by atoms with Gasteiger partial charge in [-0.25, -0.2) is 0 Å². The third kappa shape index (κ3) is 2.19. The van der Waals surface area contributed by atoms with Crippen molar-refractivity contribution in [2.24, 2.45) is 0 Å². The molecule has 0 atom stereocenters. The van der Waals surface area contributed by atoms with E-state index in [4.69, 9.17) is 5.11 Å². The van der Waals surface area contributed by atoms with Crippen molar-refractivity contribution in [3.8, 4) is 0 Å². The molecular formula is C9H17NO3. The lowest BCUT2D eigenvalue weighted by molar-refractivity contribution is -0.150. The highest BCUT2D eigenvalue weighted by molar-refractivity contribution is 5.77. The molecule has 0 aromatic carbocycles. The molecule has 1 aliphatic rings. The molecule has 0 aromatic heterocycles. The fourth-order valence-electron chi connectivity index (χ4n) is 1.56. The summed E-state index contributed by atoms with van der Waals surface area (Å²) in [7, 11) is 0. The number of piperidine rings is 1. The number of carbonyl (C=O) groups is 1. The summed E-state index contributed by atoms with van der Waals surface area (Å²) in [6.07, 6.45) is 1.11. The number of hydrogen-bond acceptors (Lipinski definition) is 3. The smallest absolute Gasteiger partial charge is 0.323 e. The van der Waals surface area contributed by atoms with Crippen molar-refractivity contribution in [1.82, 2.24) is 4.90 Å². The Balaban J connectivity index is 2.58. The average molecular weight is 187 g/mol. The van der Waals surface area contributed by atoms with E-state index in [0.717, 1.165) is 0 Å². The molecule has 13 heavy (non-hydrogen) atoms. The summed E-state index contributed by atoms with van der Waals surface area (Å²) in [6.45, 7) is 4.74. The van der Waals surface area contributed by atoms with Crippen LogP contribution in [0, 0.1) is 0 Å². The molecule has 1 rings (SSSR count). The quantitative estimate of drug-likeness (QED) is 0.653. The van der Waals surface area contributed by atoms with Gasteiger partial charge in [0.2, 0.25) is 0 Å². The molecule has 1 fully saturated rings. The van der Waals surface area contributed by atoms with Gasteiger partial charge in [-0.05, 0) is 26.7 Å². The van der Waals surface area contributed by atoms with Crippen molar-refractivity contribution in [3.05, 3.63) is 0 Å². The molecule has 0 aliphatic carbocycles. The van der Waals surface area contributed by atoms with Crippen LogP contribution in [-0.2, 0) is 4.79 Å². The first-order valence-corrected chi connectivity index (χ1v) is 4.61. The zero-order valence-electron chi connectivity index (χ0n) is 8.16. The zero-order chi connectivity index (χ0) is 10.1. The minimum atomic E-state index is -0.805. The number of aliphatic carboxylic acids is 1. The van der Waals surface area contributed by atoms with Gasteiger partial charge in [0, 0.05) is 13.1 Å². The number of rotatable bonds is 2. The molecule has 4 nitrogen and oxygen atoms in total. The van der Waals surface area contributed by atoms with Crippen LogP contribution in [0.2, 0.25) is 0 Å². The highest BCUT2D eigenvalue weighted by atomic mass is 16.4. The van der Waals surface area contributed by atoms with E-state index in [1.165, 1.54) is 0 Å². The first kappa shape index (κ1) is 10.5. The zero-order valence-corrected chi connectivity index (χ0v) is 8.16. The maximum Gasteiger partial charge on any atom is 0.323 e. The first-order valence-electron chi connectivity index (χ1n) is 4.61. The van der Waals surface area contributed by atoms with Crippen molar-refractivity contribution < 1.29 is 15.0 Å². The molecule has 0 aromatic rings. The minimum absolute atomic E-state index is 0.249. The summed E-state index contributed by atoms with van der Waals surface area (Å²) in [4.78, 5) is 12.8. The van der Waals surface area contributed by atoms with Crippen LogP contribution in [0.25, 0.3) is 0 Å². The maximum absolute atomic E-state index is 10.9. The minimum Gasteiger partial charge on any atom is -0.480 e. The molecule has 76 valence electrons. The van der Waals surface area contributed by atoms with E-state index in [2.05, 4.69) is 0 Å². The van der Waals surface area contributed by atoms with Gasteiger partial charge in [0.1, 0.15) is 5.54 Å². The second-order valence-electron chi connectivity index (χ2n) is 4.08. The van der Waals surface area contributed by atoms with E-state index in [1.54, 1.807) is 13.8 Å². The lowest BCUT2D eigenvalue weighted by Gasteiger charge is -2.38. The Morgan fingerprint density at radius 3 is 2.23 bits per heavy atom. The van der Waals surface area contributed by atoms with Crippen LogP contribution in [0.3, 0.4) is 0 Å². The van der Waals surface area contributed by atoms with Crippen LogP contribution in [0.5, 0.6) is 0 Å². The van der Waals surface area contributed by atoms with Crippen LogP contribution in [0.1, 0.15) is 26.7 Å².